The summed E-state index contributed by atoms with van der Waals surface area (Å²) in [6.45, 7) is 8.91. The summed E-state index contributed by atoms with van der Waals surface area (Å²) in [6.07, 6.45) is 4.34. The van der Waals surface area contributed by atoms with Gasteiger partial charge >= 0.3 is 0 Å². The molecule has 0 atom stereocenters. The van der Waals surface area contributed by atoms with E-state index < -0.39 is 0 Å². The molecule has 172 valence electrons. The standard InChI is InChI=1S/C26H29N3O3S/c1-5-11-32-24-17(2)12-21(13-18(24)3)25-27-28-26(33-25)29(16-19-9-10-19)23(30)15-20-7-6-8-22(14-20)31-4/h5-8,12-14,19H,1,9-11,15-16H2,2-4H3. The molecule has 33 heavy (non-hydrogen) atoms. The molecule has 7 heteroatoms. The van der Waals surface area contributed by atoms with E-state index in [4.69, 9.17) is 9.47 Å². The van der Waals surface area contributed by atoms with Crippen LogP contribution in [0.4, 0.5) is 5.13 Å². The summed E-state index contributed by atoms with van der Waals surface area (Å²) in [5, 5.41) is 10.3. The monoisotopic (exact) mass is 463 g/mol. The van der Waals surface area contributed by atoms with Gasteiger partial charge in [0.05, 0.1) is 13.5 Å². The van der Waals surface area contributed by atoms with Crippen LogP contribution in [0.2, 0.25) is 0 Å². The fourth-order valence-corrected chi connectivity index (χ4v) is 4.64. The second-order valence-electron chi connectivity index (χ2n) is 8.40. The second-order valence-corrected chi connectivity index (χ2v) is 9.36. The molecular formula is C26H29N3O3S. The summed E-state index contributed by atoms with van der Waals surface area (Å²) in [7, 11) is 1.63. The summed E-state index contributed by atoms with van der Waals surface area (Å²) in [5.41, 5.74) is 3.97. The van der Waals surface area contributed by atoms with E-state index in [1.54, 1.807) is 18.1 Å². The molecule has 6 nitrogen and oxygen atoms in total. The van der Waals surface area contributed by atoms with Crippen molar-refractivity contribution in [3.63, 3.8) is 0 Å². The highest BCUT2D eigenvalue weighted by molar-refractivity contribution is 7.18. The van der Waals surface area contributed by atoms with Gasteiger partial charge in [0.15, 0.2) is 0 Å². The molecule has 0 unspecified atom stereocenters. The van der Waals surface area contributed by atoms with Crippen LogP contribution in [0, 0.1) is 19.8 Å². The molecule has 0 aliphatic heterocycles. The van der Waals surface area contributed by atoms with Crippen LogP contribution in [-0.4, -0.2) is 36.4 Å². The fraction of sp³-hybridized carbons (Fsp3) is 0.346. The SMILES string of the molecule is C=CCOc1c(C)cc(-c2nnc(N(CC3CC3)C(=O)Cc3cccc(OC)c3)s2)cc1C. The molecule has 1 aliphatic rings. The number of benzene rings is 2. The maximum atomic E-state index is 13.3. The third-order valence-corrected chi connectivity index (χ3v) is 6.62. The predicted molar refractivity (Wildman–Crippen MR) is 132 cm³/mol. The van der Waals surface area contributed by atoms with Gasteiger partial charge in [-0.15, -0.1) is 10.2 Å². The quantitative estimate of drug-likeness (QED) is 0.378. The number of hydrogen-bond donors (Lipinski definition) is 0. The number of aromatic nitrogens is 2. The lowest BCUT2D eigenvalue weighted by Gasteiger charge is -2.19. The maximum absolute atomic E-state index is 13.3. The highest BCUT2D eigenvalue weighted by Gasteiger charge is 2.30. The number of hydrogen-bond acceptors (Lipinski definition) is 6. The highest BCUT2D eigenvalue weighted by atomic mass is 32.1. The van der Waals surface area contributed by atoms with Crippen LogP contribution in [0.25, 0.3) is 10.6 Å². The number of carbonyl (C=O) groups is 1. The van der Waals surface area contributed by atoms with Gasteiger partial charge in [-0.05, 0) is 73.6 Å². The first-order valence-corrected chi connectivity index (χ1v) is 11.9. The number of carbonyl (C=O) groups excluding carboxylic acids is 1. The van der Waals surface area contributed by atoms with E-state index in [1.165, 1.54) is 11.3 Å². The Hall–Kier alpha value is -3.19. The van der Waals surface area contributed by atoms with Gasteiger partial charge in [-0.2, -0.15) is 0 Å². The number of rotatable bonds is 10. The van der Waals surface area contributed by atoms with Crippen LogP contribution in [0.5, 0.6) is 11.5 Å². The first-order valence-electron chi connectivity index (χ1n) is 11.1. The van der Waals surface area contributed by atoms with Crippen molar-refractivity contribution >= 4 is 22.4 Å². The van der Waals surface area contributed by atoms with E-state index in [2.05, 4.69) is 28.9 Å². The van der Waals surface area contributed by atoms with E-state index in [0.717, 1.165) is 51.6 Å². The third-order valence-electron chi connectivity index (χ3n) is 5.63. The Bertz CT molecular complexity index is 1130. The number of methoxy groups -OCH3 is 1. The van der Waals surface area contributed by atoms with Gasteiger partial charge in [-0.3, -0.25) is 9.69 Å². The lowest BCUT2D eigenvalue weighted by molar-refractivity contribution is -0.118. The number of aryl methyl sites for hydroxylation is 2. The summed E-state index contributed by atoms with van der Waals surface area (Å²) in [4.78, 5) is 15.1. The van der Waals surface area contributed by atoms with Crippen molar-refractivity contribution in [1.29, 1.82) is 0 Å². The Morgan fingerprint density at radius 1 is 1.21 bits per heavy atom. The molecule has 1 heterocycles. The van der Waals surface area contributed by atoms with Crippen LogP contribution in [0.1, 0.15) is 29.5 Å². The number of amides is 1. The third kappa shape index (κ3) is 5.60. The Labute approximate surface area is 198 Å². The Balaban J connectivity index is 1.57. The van der Waals surface area contributed by atoms with Gasteiger partial charge in [-0.25, -0.2) is 0 Å². The number of nitrogens with zero attached hydrogens (tertiary/aromatic N) is 3. The van der Waals surface area contributed by atoms with Crippen LogP contribution in [0.15, 0.2) is 49.1 Å². The van der Waals surface area contributed by atoms with E-state index >= 15 is 0 Å². The van der Waals surface area contributed by atoms with Gasteiger partial charge < -0.3 is 9.47 Å². The molecule has 0 spiro atoms. The second kappa shape index (κ2) is 10.2. The lowest BCUT2D eigenvalue weighted by Crippen LogP contribution is -2.34. The van der Waals surface area contributed by atoms with Crippen LogP contribution in [-0.2, 0) is 11.2 Å². The Morgan fingerprint density at radius 2 is 1.97 bits per heavy atom. The number of ether oxygens (including phenoxy) is 2. The van der Waals surface area contributed by atoms with E-state index in [1.807, 2.05) is 38.1 Å². The molecule has 1 aromatic heterocycles. The molecule has 2 aromatic carbocycles. The van der Waals surface area contributed by atoms with Crippen molar-refractivity contribution in [2.24, 2.45) is 5.92 Å². The van der Waals surface area contributed by atoms with Gasteiger partial charge in [-0.1, -0.05) is 36.1 Å². The van der Waals surface area contributed by atoms with Crippen molar-refractivity contribution in [3.05, 3.63) is 65.7 Å². The largest absolute Gasteiger partial charge is 0.497 e. The van der Waals surface area contributed by atoms with E-state index in [0.29, 0.717) is 30.6 Å². The fourth-order valence-electron chi connectivity index (χ4n) is 3.78. The molecule has 4 rings (SSSR count). The zero-order valence-electron chi connectivity index (χ0n) is 19.3. The Morgan fingerprint density at radius 3 is 2.64 bits per heavy atom. The molecule has 1 saturated carbocycles. The Kier molecular flexibility index (Phi) is 7.08. The summed E-state index contributed by atoms with van der Waals surface area (Å²) < 4.78 is 11.1. The molecule has 1 aliphatic carbocycles. The number of anilines is 1. The van der Waals surface area contributed by atoms with Gasteiger partial charge in [0.2, 0.25) is 11.0 Å². The van der Waals surface area contributed by atoms with Gasteiger partial charge in [0.25, 0.3) is 0 Å². The van der Waals surface area contributed by atoms with Crippen molar-refractivity contribution in [3.8, 4) is 22.1 Å². The molecule has 1 fully saturated rings. The van der Waals surface area contributed by atoms with Crippen LogP contribution in [0.3, 0.4) is 0 Å². The summed E-state index contributed by atoms with van der Waals surface area (Å²) in [5.74, 6) is 2.18. The average molecular weight is 464 g/mol. The van der Waals surface area contributed by atoms with Gasteiger partial charge in [0.1, 0.15) is 23.1 Å². The molecule has 3 aromatic rings. The van der Waals surface area contributed by atoms with E-state index in [-0.39, 0.29) is 5.91 Å². The first-order chi connectivity index (χ1) is 16.0. The van der Waals surface area contributed by atoms with Crippen LogP contribution >= 0.6 is 11.3 Å². The topological polar surface area (TPSA) is 64.6 Å². The van der Waals surface area contributed by atoms with Gasteiger partial charge in [0, 0.05) is 12.1 Å². The molecule has 0 N–H and O–H groups in total. The normalized spacial score (nSPS) is 12.9. The highest BCUT2D eigenvalue weighted by Crippen LogP contribution is 2.36. The summed E-state index contributed by atoms with van der Waals surface area (Å²) >= 11 is 1.45. The van der Waals surface area contributed by atoms with E-state index in [9.17, 15) is 4.79 Å². The van der Waals surface area contributed by atoms with Crippen LogP contribution < -0.4 is 14.4 Å². The van der Waals surface area contributed by atoms with Crippen molar-refractivity contribution in [2.45, 2.75) is 33.1 Å². The van der Waals surface area contributed by atoms with Crippen molar-refractivity contribution in [1.82, 2.24) is 10.2 Å². The molecule has 0 bridgehead atoms. The zero-order valence-corrected chi connectivity index (χ0v) is 20.2. The molecule has 1 amide bonds. The molecule has 0 saturated heterocycles. The first kappa shape index (κ1) is 23.0. The molecular weight excluding hydrogens is 434 g/mol. The minimum atomic E-state index is 0.0263. The minimum Gasteiger partial charge on any atom is -0.497 e. The van der Waals surface area contributed by atoms with Crippen molar-refractivity contribution < 1.29 is 14.3 Å². The average Bonchev–Trinajstić information content (AvgIpc) is 3.50. The minimum absolute atomic E-state index is 0.0263. The zero-order chi connectivity index (χ0) is 23.4. The predicted octanol–water partition coefficient (Wildman–Crippen LogP) is 5.38. The summed E-state index contributed by atoms with van der Waals surface area (Å²) in [6, 6.07) is 11.7. The molecule has 0 radical (unpaired) electrons. The lowest BCUT2D eigenvalue weighted by atomic mass is 10.1. The smallest absolute Gasteiger partial charge is 0.233 e. The van der Waals surface area contributed by atoms with Crippen molar-refractivity contribution in [2.75, 3.05) is 25.2 Å². The maximum Gasteiger partial charge on any atom is 0.233 e.